The molecule has 2 fully saturated rings. The lowest BCUT2D eigenvalue weighted by atomic mass is 9.73. The quantitative estimate of drug-likeness (QED) is 0.398. The highest BCUT2D eigenvalue weighted by Gasteiger charge is 2.50. The first-order valence-electron chi connectivity index (χ1n) is 14.0. The summed E-state index contributed by atoms with van der Waals surface area (Å²) in [5, 5.41) is 6.59. The average molecular weight is 520 g/mol. The van der Waals surface area contributed by atoms with Crippen LogP contribution in [-0.2, 0) is 9.59 Å². The van der Waals surface area contributed by atoms with Gasteiger partial charge in [0.25, 0.3) is 5.91 Å². The zero-order valence-corrected chi connectivity index (χ0v) is 23.1. The second kappa shape index (κ2) is 12.1. The van der Waals surface area contributed by atoms with Gasteiger partial charge in [0.1, 0.15) is 12.1 Å². The molecule has 2 N–H and O–H groups in total. The Bertz CT molecular complexity index is 1140. The minimum atomic E-state index is -0.728. The van der Waals surface area contributed by atoms with Crippen LogP contribution in [0.15, 0.2) is 48.5 Å². The summed E-state index contributed by atoms with van der Waals surface area (Å²) in [7, 11) is 1.53. The lowest BCUT2D eigenvalue weighted by Gasteiger charge is -2.41. The van der Waals surface area contributed by atoms with Gasteiger partial charge in [-0.3, -0.25) is 19.7 Å². The molecule has 4 rings (SSSR count). The number of amides is 1. The van der Waals surface area contributed by atoms with E-state index in [0.29, 0.717) is 22.4 Å². The normalized spacial score (nSPS) is 21.5. The molecule has 3 unspecified atom stereocenters. The Morgan fingerprint density at radius 1 is 1.00 bits per heavy atom. The summed E-state index contributed by atoms with van der Waals surface area (Å²) in [5.41, 5.74) is 2.40. The molecule has 0 spiro atoms. The number of hydrogen-bond donors (Lipinski definition) is 2. The first-order valence-corrected chi connectivity index (χ1v) is 14.0. The Morgan fingerprint density at radius 2 is 1.68 bits per heavy atom. The van der Waals surface area contributed by atoms with E-state index < -0.39 is 23.7 Å². The van der Waals surface area contributed by atoms with Crippen LogP contribution in [-0.4, -0.2) is 54.7 Å². The minimum Gasteiger partial charge on any atom is -0.494 e. The van der Waals surface area contributed by atoms with E-state index in [-0.39, 0.29) is 11.9 Å². The van der Waals surface area contributed by atoms with E-state index in [1.165, 1.54) is 13.5 Å². The van der Waals surface area contributed by atoms with Crippen LogP contribution in [0.2, 0.25) is 0 Å². The predicted molar refractivity (Wildman–Crippen MR) is 150 cm³/mol. The summed E-state index contributed by atoms with van der Waals surface area (Å²) in [5.74, 6) is -0.554. The van der Waals surface area contributed by atoms with Crippen LogP contribution < -0.4 is 15.4 Å². The molecule has 1 saturated heterocycles. The number of carbonyl (C=O) groups is 3. The van der Waals surface area contributed by atoms with Gasteiger partial charge >= 0.3 is 0 Å². The molecule has 7 nitrogen and oxygen atoms in total. The molecule has 0 radical (unpaired) electrons. The maximum atomic E-state index is 13.6. The van der Waals surface area contributed by atoms with Crippen molar-refractivity contribution < 1.29 is 19.1 Å². The van der Waals surface area contributed by atoms with E-state index in [2.05, 4.69) is 24.5 Å². The minimum absolute atomic E-state index is 0.0561. The van der Waals surface area contributed by atoms with Crippen molar-refractivity contribution in [2.75, 3.05) is 25.5 Å². The summed E-state index contributed by atoms with van der Waals surface area (Å²) in [6, 6.07) is 13.8. The number of rotatable bonds is 11. The molecule has 0 bridgehead atoms. The van der Waals surface area contributed by atoms with Gasteiger partial charge in [-0.05, 0) is 48.8 Å². The number of anilines is 1. The summed E-state index contributed by atoms with van der Waals surface area (Å²) in [6.45, 7) is 7.98. The van der Waals surface area contributed by atoms with Crippen molar-refractivity contribution in [3.05, 3.63) is 59.7 Å². The lowest BCUT2D eigenvalue weighted by Crippen LogP contribution is -2.67. The second-order valence-corrected chi connectivity index (χ2v) is 10.6. The van der Waals surface area contributed by atoms with Crippen molar-refractivity contribution in [2.24, 2.45) is 5.41 Å². The molecule has 3 atom stereocenters. The molecular formula is C31H41N3O4. The van der Waals surface area contributed by atoms with Crippen molar-refractivity contribution in [2.45, 2.75) is 77.4 Å². The first-order chi connectivity index (χ1) is 18.4. The third-order valence-corrected chi connectivity index (χ3v) is 8.53. The number of ether oxygens (including phenoxy) is 1. The van der Waals surface area contributed by atoms with Crippen LogP contribution in [0.4, 0.5) is 5.69 Å². The molecule has 2 aromatic rings. The zero-order valence-electron chi connectivity index (χ0n) is 23.1. The molecule has 1 aliphatic carbocycles. The number of piperidine rings is 1. The largest absolute Gasteiger partial charge is 0.494 e. The highest BCUT2D eigenvalue weighted by atomic mass is 16.5. The number of hydrogen-bond acceptors (Lipinski definition) is 6. The number of methoxy groups -OCH3 is 1. The lowest BCUT2D eigenvalue weighted by molar-refractivity contribution is -0.145. The van der Waals surface area contributed by atoms with Crippen LogP contribution in [0, 0.1) is 5.41 Å². The van der Waals surface area contributed by atoms with Gasteiger partial charge in [0.15, 0.2) is 5.75 Å². The van der Waals surface area contributed by atoms with E-state index >= 15 is 0 Å². The smallest absolute Gasteiger partial charge is 0.257 e. The number of ketones is 2. The third-order valence-electron chi connectivity index (χ3n) is 8.53. The van der Waals surface area contributed by atoms with Crippen LogP contribution in [0.3, 0.4) is 0 Å². The van der Waals surface area contributed by atoms with Crippen LogP contribution in [0.25, 0.3) is 0 Å². The maximum absolute atomic E-state index is 13.6. The first kappa shape index (κ1) is 27.8. The highest BCUT2D eigenvalue weighted by Crippen LogP contribution is 2.40. The fourth-order valence-corrected chi connectivity index (χ4v) is 6.06. The van der Waals surface area contributed by atoms with Gasteiger partial charge < -0.3 is 15.0 Å². The molecule has 2 aliphatic rings. The standard InChI is InChI=1S/C31H41N3O4/c1-5-16-31(7-3)17-19-34(20-18-31)30(37)22-14-11-15-24(29(22)38-4)33-26-25(27(35)28(26)36)32-23(6-2)21-12-9-8-10-13-21/h8-15,23,25-26,32-33H,5-7,16-20H2,1-4H3. The molecule has 2 aromatic carbocycles. The molecule has 0 aromatic heterocycles. The molecule has 38 heavy (non-hydrogen) atoms. The Kier molecular flexibility index (Phi) is 8.87. The summed E-state index contributed by atoms with van der Waals surface area (Å²) in [4.78, 5) is 40.7. The fraction of sp³-hybridized carbons (Fsp3) is 0.516. The second-order valence-electron chi connectivity index (χ2n) is 10.6. The molecule has 1 aliphatic heterocycles. The Balaban J connectivity index is 1.50. The summed E-state index contributed by atoms with van der Waals surface area (Å²) < 4.78 is 5.70. The number of Topliss-reactive ketones (excluding diaryl/α,β-unsaturated/α-hetero) is 2. The Labute approximate surface area is 226 Å². The van der Waals surface area contributed by atoms with Crippen molar-refractivity contribution in [3.63, 3.8) is 0 Å². The van der Waals surface area contributed by atoms with E-state index in [9.17, 15) is 14.4 Å². The van der Waals surface area contributed by atoms with Crippen LogP contribution in [0.1, 0.15) is 81.3 Å². The van der Waals surface area contributed by atoms with E-state index in [1.54, 1.807) is 18.2 Å². The molecule has 7 heteroatoms. The fourth-order valence-electron chi connectivity index (χ4n) is 6.06. The number of para-hydroxylation sites is 1. The van der Waals surface area contributed by atoms with Gasteiger partial charge in [-0.25, -0.2) is 0 Å². The summed E-state index contributed by atoms with van der Waals surface area (Å²) >= 11 is 0. The topological polar surface area (TPSA) is 87.7 Å². The Morgan fingerprint density at radius 3 is 2.29 bits per heavy atom. The zero-order chi connectivity index (χ0) is 27.3. The number of nitrogens with one attached hydrogen (secondary N) is 2. The maximum Gasteiger partial charge on any atom is 0.257 e. The van der Waals surface area contributed by atoms with Gasteiger partial charge in [-0.2, -0.15) is 0 Å². The molecule has 1 amide bonds. The molecule has 1 saturated carbocycles. The average Bonchev–Trinajstić information content (AvgIpc) is 2.97. The van der Waals surface area contributed by atoms with Gasteiger partial charge in [0.2, 0.25) is 11.6 Å². The SMILES string of the molecule is CCCC1(CC)CCN(C(=O)c2cccc(NC3C(=O)C(=O)C3NC(CC)c3ccccc3)c2OC)CC1. The Hall–Kier alpha value is -3.19. The summed E-state index contributed by atoms with van der Waals surface area (Å²) in [6.07, 6.45) is 6.28. The highest BCUT2D eigenvalue weighted by molar-refractivity contribution is 6.49. The molecule has 1 heterocycles. The molecular weight excluding hydrogens is 478 g/mol. The number of nitrogens with zero attached hydrogens (tertiary/aromatic N) is 1. The van der Waals surface area contributed by atoms with Gasteiger partial charge in [0, 0.05) is 19.1 Å². The van der Waals surface area contributed by atoms with E-state index in [0.717, 1.165) is 50.8 Å². The van der Waals surface area contributed by atoms with Crippen molar-refractivity contribution in [1.29, 1.82) is 0 Å². The van der Waals surface area contributed by atoms with Gasteiger partial charge in [0.05, 0.1) is 18.4 Å². The monoisotopic (exact) mass is 519 g/mol. The number of likely N-dealkylation sites (tertiary alicyclic amines) is 1. The molecule has 204 valence electrons. The van der Waals surface area contributed by atoms with Crippen LogP contribution in [0.5, 0.6) is 5.75 Å². The number of benzene rings is 2. The van der Waals surface area contributed by atoms with Crippen molar-refractivity contribution >= 4 is 23.2 Å². The number of carbonyl (C=O) groups excluding carboxylic acids is 3. The van der Waals surface area contributed by atoms with Crippen LogP contribution >= 0.6 is 0 Å². The van der Waals surface area contributed by atoms with Gasteiger partial charge in [-0.1, -0.05) is 70.0 Å². The van der Waals surface area contributed by atoms with E-state index in [1.807, 2.05) is 42.2 Å². The predicted octanol–water partition coefficient (Wildman–Crippen LogP) is 5.17. The van der Waals surface area contributed by atoms with Gasteiger partial charge in [-0.15, -0.1) is 0 Å². The van der Waals surface area contributed by atoms with Crippen molar-refractivity contribution in [3.8, 4) is 5.75 Å². The third kappa shape index (κ3) is 5.48. The van der Waals surface area contributed by atoms with E-state index in [4.69, 9.17) is 4.74 Å². The van der Waals surface area contributed by atoms with Crippen molar-refractivity contribution in [1.82, 2.24) is 10.2 Å².